The summed E-state index contributed by atoms with van der Waals surface area (Å²) >= 11 is 0. The van der Waals surface area contributed by atoms with Crippen molar-refractivity contribution in [1.29, 1.82) is 0 Å². The molecule has 0 aromatic heterocycles. The van der Waals surface area contributed by atoms with Gasteiger partial charge in [-0.1, -0.05) is 43.7 Å². The lowest BCUT2D eigenvalue weighted by Crippen LogP contribution is -2.38. The fourth-order valence-electron chi connectivity index (χ4n) is 3.29. The predicted molar refractivity (Wildman–Crippen MR) is 91.8 cm³/mol. The molecule has 118 valence electrons. The number of nitrogens with zero attached hydrogens (tertiary/aromatic N) is 1. The first-order valence-corrected chi connectivity index (χ1v) is 8.77. The molecule has 1 aliphatic heterocycles. The van der Waals surface area contributed by atoms with E-state index in [-0.39, 0.29) is 0 Å². The van der Waals surface area contributed by atoms with Crippen LogP contribution in [0.25, 0.3) is 0 Å². The van der Waals surface area contributed by atoms with Gasteiger partial charge in [-0.25, -0.2) is 0 Å². The second-order valence-corrected chi connectivity index (χ2v) is 6.58. The van der Waals surface area contributed by atoms with Crippen molar-refractivity contribution in [3.63, 3.8) is 0 Å². The van der Waals surface area contributed by atoms with Gasteiger partial charge in [-0.05, 0) is 70.3 Å². The highest BCUT2D eigenvalue weighted by atomic mass is 15.2. The van der Waals surface area contributed by atoms with Crippen molar-refractivity contribution >= 4 is 0 Å². The second kappa shape index (κ2) is 9.22. The minimum absolute atomic E-state index is 0.654. The minimum atomic E-state index is 0.654. The summed E-state index contributed by atoms with van der Waals surface area (Å²) in [6.45, 7) is 9.57. The number of piperidine rings is 1. The Hall–Kier alpha value is -0.860. The fourth-order valence-corrected chi connectivity index (χ4v) is 3.29. The standard InChI is InChI=1S/C19H32N2/c1-17(19-10-4-3-5-11-19)12-14-20-13-8-16-21-15-7-6-9-18(21)2/h3-5,10-11,17-18,20H,6-9,12-16H2,1-2H3. The average molecular weight is 288 g/mol. The van der Waals surface area contributed by atoms with Crippen LogP contribution in [0.2, 0.25) is 0 Å². The van der Waals surface area contributed by atoms with E-state index in [4.69, 9.17) is 0 Å². The molecule has 1 aromatic rings. The summed E-state index contributed by atoms with van der Waals surface area (Å²) < 4.78 is 0. The maximum absolute atomic E-state index is 3.61. The lowest BCUT2D eigenvalue weighted by molar-refractivity contribution is 0.159. The van der Waals surface area contributed by atoms with Gasteiger partial charge in [0.2, 0.25) is 0 Å². The molecule has 0 bridgehead atoms. The highest BCUT2D eigenvalue weighted by Crippen LogP contribution is 2.18. The molecule has 21 heavy (non-hydrogen) atoms. The molecule has 1 aromatic carbocycles. The number of likely N-dealkylation sites (tertiary alicyclic amines) is 1. The Morgan fingerprint density at radius 3 is 2.76 bits per heavy atom. The largest absolute Gasteiger partial charge is 0.317 e. The molecule has 0 amide bonds. The van der Waals surface area contributed by atoms with Crippen LogP contribution in [-0.4, -0.2) is 37.1 Å². The summed E-state index contributed by atoms with van der Waals surface area (Å²) in [7, 11) is 0. The molecule has 2 nitrogen and oxygen atoms in total. The Labute approximate surface area is 130 Å². The van der Waals surface area contributed by atoms with Crippen molar-refractivity contribution in [1.82, 2.24) is 10.2 Å². The van der Waals surface area contributed by atoms with E-state index in [0.717, 1.165) is 19.1 Å². The Bertz CT molecular complexity index is 376. The summed E-state index contributed by atoms with van der Waals surface area (Å²) in [5.41, 5.74) is 1.46. The first-order chi connectivity index (χ1) is 10.3. The highest BCUT2D eigenvalue weighted by Gasteiger charge is 2.16. The Balaban J connectivity index is 1.52. The molecule has 2 rings (SSSR count). The monoisotopic (exact) mass is 288 g/mol. The lowest BCUT2D eigenvalue weighted by atomic mass is 9.98. The molecule has 2 atom stereocenters. The van der Waals surface area contributed by atoms with Crippen LogP contribution in [0.15, 0.2) is 30.3 Å². The number of nitrogens with one attached hydrogen (secondary N) is 1. The molecule has 1 heterocycles. The molecular formula is C19H32N2. The van der Waals surface area contributed by atoms with Gasteiger partial charge in [-0.2, -0.15) is 0 Å². The molecule has 1 saturated heterocycles. The van der Waals surface area contributed by atoms with E-state index in [2.05, 4.69) is 54.4 Å². The third-order valence-corrected chi connectivity index (χ3v) is 4.86. The van der Waals surface area contributed by atoms with Gasteiger partial charge in [-0.3, -0.25) is 0 Å². The molecule has 2 unspecified atom stereocenters. The average Bonchev–Trinajstić information content (AvgIpc) is 2.53. The van der Waals surface area contributed by atoms with E-state index in [1.807, 2.05) is 0 Å². The van der Waals surface area contributed by atoms with Gasteiger partial charge in [0, 0.05) is 6.04 Å². The zero-order valence-corrected chi connectivity index (χ0v) is 13.9. The zero-order valence-electron chi connectivity index (χ0n) is 13.9. The maximum Gasteiger partial charge on any atom is 0.00669 e. The van der Waals surface area contributed by atoms with E-state index in [0.29, 0.717) is 5.92 Å². The van der Waals surface area contributed by atoms with Crippen molar-refractivity contribution in [2.24, 2.45) is 0 Å². The fraction of sp³-hybridized carbons (Fsp3) is 0.684. The molecule has 0 radical (unpaired) electrons. The van der Waals surface area contributed by atoms with Crippen molar-refractivity contribution in [2.75, 3.05) is 26.2 Å². The molecule has 1 N–H and O–H groups in total. The molecule has 0 aliphatic carbocycles. The number of benzene rings is 1. The number of hydrogen-bond acceptors (Lipinski definition) is 2. The van der Waals surface area contributed by atoms with E-state index in [1.165, 1.54) is 50.8 Å². The van der Waals surface area contributed by atoms with Gasteiger partial charge >= 0.3 is 0 Å². The van der Waals surface area contributed by atoms with Gasteiger partial charge in [0.25, 0.3) is 0 Å². The van der Waals surface area contributed by atoms with E-state index in [1.54, 1.807) is 0 Å². The highest BCUT2D eigenvalue weighted by molar-refractivity contribution is 5.18. The number of hydrogen-bond donors (Lipinski definition) is 1. The van der Waals surface area contributed by atoms with Crippen LogP contribution in [0.5, 0.6) is 0 Å². The van der Waals surface area contributed by atoms with E-state index in [9.17, 15) is 0 Å². The van der Waals surface area contributed by atoms with E-state index < -0.39 is 0 Å². The normalized spacial score (nSPS) is 21.3. The first kappa shape index (κ1) is 16.5. The van der Waals surface area contributed by atoms with Crippen molar-refractivity contribution < 1.29 is 0 Å². The quantitative estimate of drug-likeness (QED) is 0.726. The summed E-state index contributed by atoms with van der Waals surface area (Å²) in [5, 5.41) is 3.61. The van der Waals surface area contributed by atoms with Crippen molar-refractivity contribution in [2.45, 2.75) is 57.9 Å². The van der Waals surface area contributed by atoms with Gasteiger partial charge in [0.15, 0.2) is 0 Å². The molecule has 1 aliphatic rings. The Kier molecular flexibility index (Phi) is 7.25. The third-order valence-electron chi connectivity index (χ3n) is 4.86. The molecule has 2 heteroatoms. The maximum atomic E-state index is 3.61. The van der Waals surface area contributed by atoms with Gasteiger partial charge in [0.05, 0.1) is 0 Å². The SMILES string of the molecule is CC(CCNCCCN1CCCCC1C)c1ccccc1. The van der Waals surface area contributed by atoms with Crippen LogP contribution >= 0.6 is 0 Å². The second-order valence-electron chi connectivity index (χ2n) is 6.58. The van der Waals surface area contributed by atoms with Gasteiger partial charge in [-0.15, -0.1) is 0 Å². The summed E-state index contributed by atoms with van der Waals surface area (Å²) in [4.78, 5) is 2.66. The summed E-state index contributed by atoms with van der Waals surface area (Å²) in [6, 6.07) is 11.6. The Morgan fingerprint density at radius 2 is 2.00 bits per heavy atom. The Morgan fingerprint density at radius 1 is 1.19 bits per heavy atom. The lowest BCUT2D eigenvalue weighted by Gasteiger charge is -2.33. The summed E-state index contributed by atoms with van der Waals surface area (Å²) in [5.74, 6) is 0.654. The molecule has 1 fully saturated rings. The van der Waals surface area contributed by atoms with E-state index >= 15 is 0 Å². The van der Waals surface area contributed by atoms with Crippen molar-refractivity contribution in [3.05, 3.63) is 35.9 Å². The van der Waals surface area contributed by atoms with Gasteiger partial charge in [0.1, 0.15) is 0 Å². The number of rotatable bonds is 8. The zero-order chi connectivity index (χ0) is 14.9. The molecule has 0 spiro atoms. The van der Waals surface area contributed by atoms with Crippen LogP contribution in [0.4, 0.5) is 0 Å². The smallest absolute Gasteiger partial charge is 0.00669 e. The van der Waals surface area contributed by atoms with Crippen LogP contribution in [-0.2, 0) is 0 Å². The van der Waals surface area contributed by atoms with Crippen LogP contribution in [0.1, 0.15) is 57.4 Å². The summed E-state index contributed by atoms with van der Waals surface area (Å²) in [6.07, 6.45) is 6.72. The van der Waals surface area contributed by atoms with Crippen molar-refractivity contribution in [3.8, 4) is 0 Å². The van der Waals surface area contributed by atoms with Crippen LogP contribution < -0.4 is 5.32 Å². The first-order valence-electron chi connectivity index (χ1n) is 8.77. The molecular weight excluding hydrogens is 256 g/mol. The predicted octanol–water partition coefficient (Wildman–Crippen LogP) is 4.03. The van der Waals surface area contributed by atoms with Crippen LogP contribution in [0, 0.1) is 0 Å². The van der Waals surface area contributed by atoms with Crippen LogP contribution in [0.3, 0.4) is 0 Å². The molecule has 0 saturated carbocycles. The topological polar surface area (TPSA) is 15.3 Å². The minimum Gasteiger partial charge on any atom is -0.317 e. The van der Waals surface area contributed by atoms with Gasteiger partial charge < -0.3 is 10.2 Å². The third kappa shape index (κ3) is 5.80.